The molecule has 1 aromatic carbocycles. The first-order valence-corrected chi connectivity index (χ1v) is 14.9. The van der Waals surface area contributed by atoms with Gasteiger partial charge in [-0.25, -0.2) is 18.4 Å². The van der Waals surface area contributed by atoms with Gasteiger partial charge in [-0.1, -0.05) is 51.2 Å². The van der Waals surface area contributed by atoms with E-state index in [4.69, 9.17) is 4.74 Å². The molecular weight excluding hydrogens is 492 g/mol. The third-order valence-electron chi connectivity index (χ3n) is 6.24. The molecule has 10 heteroatoms. The smallest absolute Gasteiger partial charge is 0.306 e. The van der Waals surface area contributed by atoms with Crippen molar-refractivity contribution in [3.05, 3.63) is 47.9 Å². The fourth-order valence-electron chi connectivity index (χ4n) is 3.86. The number of esters is 1. The topological polar surface area (TPSA) is 127 Å². The Labute approximate surface area is 219 Å². The van der Waals surface area contributed by atoms with Crippen LogP contribution in [0.2, 0.25) is 0 Å². The van der Waals surface area contributed by atoms with Crippen molar-refractivity contribution in [3.63, 3.8) is 0 Å². The Kier molecular flexibility index (Phi) is 10.9. The van der Waals surface area contributed by atoms with E-state index in [0.717, 1.165) is 18.8 Å². The fourth-order valence-corrected chi connectivity index (χ4v) is 5.18. The molecule has 37 heavy (non-hydrogen) atoms. The van der Waals surface area contributed by atoms with Gasteiger partial charge in [0.1, 0.15) is 17.8 Å². The van der Waals surface area contributed by atoms with E-state index in [9.17, 15) is 18.0 Å². The highest BCUT2D eigenvalue weighted by Crippen LogP contribution is 2.26. The third-order valence-corrected chi connectivity index (χ3v) is 7.84. The molecule has 2 aliphatic carbocycles. The second kappa shape index (κ2) is 14.1. The maximum absolute atomic E-state index is 12.6. The van der Waals surface area contributed by atoms with E-state index >= 15 is 0 Å². The minimum Gasteiger partial charge on any atom is -0.466 e. The first kappa shape index (κ1) is 28.6. The molecule has 2 aromatic rings. The largest absolute Gasteiger partial charge is 0.466 e. The molecule has 0 spiro atoms. The molecule has 0 radical (unpaired) electrons. The molecule has 2 N–H and O–H groups in total. The molecule has 4 rings (SSSR count). The van der Waals surface area contributed by atoms with Crippen LogP contribution >= 0.6 is 0 Å². The summed E-state index contributed by atoms with van der Waals surface area (Å²) in [4.78, 5) is 32.3. The molecule has 0 saturated heterocycles. The number of hydrogen-bond donors (Lipinski definition) is 2. The van der Waals surface area contributed by atoms with E-state index in [2.05, 4.69) is 27.5 Å². The number of carbonyl (C=O) groups excluding carboxylic acids is 2. The number of rotatable bonds is 10. The van der Waals surface area contributed by atoms with Crippen LogP contribution in [-0.2, 0) is 25.1 Å². The Hall–Kier alpha value is -3.01. The normalized spacial score (nSPS) is 15.7. The summed E-state index contributed by atoms with van der Waals surface area (Å²) in [6, 6.07) is 8.54. The SMILES string of the molecule is CC1CC1.CCOC(=O)CCS(=O)(=O)Cc1ccc(NC(=O)c2cc(NC3CCCCC3)ncn2)cc1. The summed E-state index contributed by atoms with van der Waals surface area (Å²) in [5, 5.41) is 6.14. The number of nitrogens with one attached hydrogen (secondary N) is 2. The summed E-state index contributed by atoms with van der Waals surface area (Å²) in [7, 11) is -3.46. The van der Waals surface area contributed by atoms with Crippen LogP contribution in [0.3, 0.4) is 0 Å². The predicted octanol–water partition coefficient (Wildman–Crippen LogP) is 4.76. The summed E-state index contributed by atoms with van der Waals surface area (Å²) in [5.41, 5.74) is 1.33. The van der Waals surface area contributed by atoms with Crippen LogP contribution in [0, 0.1) is 5.92 Å². The average molecular weight is 531 g/mol. The number of carbonyl (C=O) groups is 2. The minimum atomic E-state index is -3.46. The molecule has 2 aliphatic rings. The first-order valence-electron chi connectivity index (χ1n) is 13.1. The molecule has 202 valence electrons. The van der Waals surface area contributed by atoms with Gasteiger partial charge in [-0.15, -0.1) is 0 Å². The van der Waals surface area contributed by atoms with Crippen molar-refractivity contribution in [2.24, 2.45) is 5.92 Å². The molecule has 1 amide bonds. The zero-order chi connectivity index (χ0) is 26.7. The van der Waals surface area contributed by atoms with Gasteiger partial charge in [0, 0.05) is 17.8 Å². The first-order chi connectivity index (χ1) is 17.7. The van der Waals surface area contributed by atoms with Crippen molar-refractivity contribution >= 4 is 33.2 Å². The lowest BCUT2D eigenvalue weighted by atomic mass is 9.95. The Balaban J connectivity index is 0.000000865. The molecule has 0 unspecified atom stereocenters. The van der Waals surface area contributed by atoms with Crippen molar-refractivity contribution in [1.82, 2.24) is 9.97 Å². The zero-order valence-electron chi connectivity index (χ0n) is 21.7. The summed E-state index contributed by atoms with van der Waals surface area (Å²) >= 11 is 0. The van der Waals surface area contributed by atoms with E-state index < -0.39 is 15.8 Å². The van der Waals surface area contributed by atoms with Gasteiger partial charge < -0.3 is 15.4 Å². The van der Waals surface area contributed by atoms with Gasteiger partial charge in [0.2, 0.25) is 0 Å². The highest BCUT2D eigenvalue weighted by atomic mass is 32.2. The van der Waals surface area contributed by atoms with Crippen molar-refractivity contribution in [1.29, 1.82) is 0 Å². The number of ether oxygens (including phenoxy) is 1. The van der Waals surface area contributed by atoms with Crippen molar-refractivity contribution in [3.8, 4) is 0 Å². The molecule has 2 fully saturated rings. The summed E-state index contributed by atoms with van der Waals surface area (Å²) in [6.07, 6.45) is 10.0. The van der Waals surface area contributed by atoms with Gasteiger partial charge in [0.15, 0.2) is 9.84 Å². The third kappa shape index (κ3) is 10.9. The van der Waals surface area contributed by atoms with E-state index in [1.807, 2.05) is 0 Å². The highest BCUT2D eigenvalue weighted by molar-refractivity contribution is 7.90. The molecule has 0 bridgehead atoms. The van der Waals surface area contributed by atoms with Gasteiger partial charge in [-0.05, 0) is 43.4 Å². The number of benzene rings is 1. The second-order valence-corrected chi connectivity index (χ2v) is 11.9. The van der Waals surface area contributed by atoms with Gasteiger partial charge in [-0.3, -0.25) is 9.59 Å². The quantitative estimate of drug-likeness (QED) is 0.421. The molecule has 2 saturated carbocycles. The van der Waals surface area contributed by atoms with Gasteiger partial charge in [0.25, 0.3) is 5.91 Å². The predicted molar refractivity (Wildman–Crippen MR) is 144 cm³/mol. The van der Waals surface area contributed by atoms with E-state index in [0.29, 0.717) is 23.1 Å². The maximum Gasteiger partial charge on any atom is 0.306 e. The van der Waals surface area contributed by atoms with Crippen LogP contribution in [-0.4, -0.2) is 48.7 Å². The Morgan fingerprint density at radius 2 is 1.70 bits per heavy atom. The number of aromatic nitrogens is 2. The van der Waals surface area contributed by atoms with E-state index in [-0.39, 0.29) is 36.1 Å². The molecule has 9 nitrogen and oxygen atoms in total. The van der Waals surface area contributed by atoms with Gasteiger partial charge in [-0.2, -0.15) is 0 Å². The minimum absolute atomic E-state index is 0.166. The number of amides is 1. The van der Waals surface area contributed by atoms with Crippen molar-refractivity contribution in [2.75, 3.05) is 23.0 Å². The van der Waals surface area contributed by atoms with Gasteiger partial charge in [0.05, 0.1) is 24.5 Å². The summed E-state index contributed by atoms with van der Waals surface area (Å²) in [6.45, 7) is 4.17. The molecule has 0 aliphatic heterocycles. The van der Waals surface area contributed by atoms with Crippen molar-refractivity contribution < 1.29 is 22.7 Å². The van der Waals surface area contributed by atoms with Crippen LogP contribution < -0.4 is 10.6 Å². The lowest BCUT2D eigenvalue weighted by molar-refractivity contribution is -0.142. The number of hydrogen-bond acceptors (Lipinski definition) is 8. The second-order valence-electron chi connectivity index (χ2n) is 9.75. The molecular formula is C27H38N4O5S. The van der Waals surface area contributed by atoms with E-state index in [1.165, 1.54) is 38.4 Å². The summed E-state index contributed by atoms with van der Waals surface area (Å²) < 4.78 is 29.2. The van der Waals surface area contributed by atoms with Crippen LogP contribution in [0.25, 0.3) is 0 Å². The lowest BCUT2D eigenvalue weighted by Gasteiger charge is -2.23. The van der Waals surface area contributed by atoms with Crippen LogP contribution in [0.4, 0.5) is 11.5 Å². The Morgan fingerprint density at radius 3 is 2.32 bits per heavy atom. The lowest BCUT2D eigenvalue weighted by Crippen LogP contribution is -2.23. The molecule has 1 heterocycles. The zero-order valence-corrected chi connectivity index (χ0v) is 22.6. The highest BCUT2D eigenvalue weighted by Gasteiger charge is 2.17. The monoisotopic (exact) mass is 530 g/mol. The maximum atomic E-state index is 12.6. The number of sulfone groups is 1. The fraction of sp³-hybridized carbons (Fsp3) is 0.556. The van der Waals surface area contributed by atoms with Crippen LogP contribution in [0.15, 0.2) is 36.7 Å². The summed E-state index contributed by atoms with van der Waals surface area (Å²) in [5.74, 6) is 0.350. The molecule has 0 atom stereocenters. The number of nitrogens with zero attached hydrogens (tertiary/aromatic N) is 2. The standard InChI is InChI=1S/C23H30N4O5S.C4H8/c1-2-32-22(28)12-13-33(30,31)15-17-8-10-19(11-9-17)27-23(29)20-14-21(25-16-24-20)26-18-6-4-3-5-7-18;1-4-2-3-4/h8-11,14,16,18H,2-7,12-13,15H2,1H3,(H,27,29)(H,24,25,26);4H,2-3H2,1H3. The van der Waals surface area contributed by atoms with E-state index in [1.54, 1.807) is 37.3 Å². The molecule has 1 aromatic heterocycles. The van der Waals surface area contributed by atoms with Crippen LogP contribution in [0.1, 0.15) is 81.3 Å². The van der Waals surface area contributed by atoms with Crippen molar-refractivity contribution in [2.45, 2.75) is 77.0 Å². The average Bonchev–Trinajstić information content (AvgIpc) is 3.67. The Morgan fingerprint density at radius 1 is 1.03 bits per heavy atom. The number of anilines is 2. The van der Waals surface area contributed by atoms with Crippen LogP contribution in [0.5, 0.6) is 0 Å². The Bertz CT molecular complexity index is 1130. The van der Waals surface area contributed by atoms with Gasteiger partial charge >= 0.3 is 5.97 Å².